The maximum Gasteiger partial charge on any atom is 0.434 e. The van der Waals surface area contributed by atoms with Crippen LogP contribution in [0, 0.1) is 5.82 Å². The lowest BCUT2D eigenvalue weighted by molar-refractivity contribution is -0.140. The molecule has 0 aliphatic rings. The second-order valence-electron chi connectivity index (χ2n) is 6.29. The highest BCUT2D eigenvalue weighted by atomic mass is 32.1. The van der Waals surface area contributed by atoms with Gasteiger partial charge in [0, 0.05) is 31.9 Å². The third-order valence-corrected chi connectivity index (χ3v) is 4.95. The molecule has 0 amide bonds. The van der Waals surface area contributed by atoms with Gasteiger partial charge in [-0.2, -0.15) is 13.2 Å². The van der Waals surface area contributed by atoms with Crippen molar-refractivity contribution < 1.29 is 17.6 Å². The van der Waals surface area contributed by atoms with E-state index in [1.807, 2.05) is 19.0 Å². The van der Waals surface area contributed by atoms with E-state index in [-0.39, 0.29) is 11.9 Å². The molecule has 1 aromatic carbocycles. The summed E-state index contributed by atoms with van der Waals surface area (Å²) < 4.78 is 50.9. The molecule has 10 heteroatoms. The van der Waals surface area contributed by atoms with E-state index in [4.69, 9.17) is 0 Å². The molecule has 2 N–H and O–H groups in total. The van der Waals surface area contributed by atoms with Crippen LogP contribution in [-0.2, 0) is 12.6 Å². The van der Waals surface area contributed by atoms with Crippen molar-refractivity contribution in [2.75, 3.05) is 34.2 Å². The summed E-state index contributed by atoms with van der Waals surface area (Å²) in [5.41, 5.74) is 0.0972. The molecule has 0 aliphatic carbocycles. The van der Waals surface area contributed by atoms with Gasteiger partial charge in [0.05, 0.1) is 11.0 Å². The van der Waals surface area contributed by atoms with Crippen molar-refractivity contribution >= 4 is 17.3 Å². The predicted octanol–water partition coefficient (Wildman–Crippen LogP) is 3.31. The zero-order valence-corrected chi connectivity index (χ0v) is 16.7. The van der Waals surface area contributed by atoms with Crippen molar-refractivity contribution in [3.63, 3.8) is 0 Å². The average Bonchev–Trinajstić information content (AvgIpc) is 3.11. The molecular weight excluding hydrogens is 394 g/mol. The van der Waals surface area contributed by atoms with Crippen LogP contribution in [0.25, 0.3) is 0 Å². The van der Waals surface area contributed by atoms with Crippen molar-refractivity contribution in [3.8, 4) is 0 Å². The molecule has 0 radical (unpaired) electrons. The quantitative estimate of drug-likeness (QED) is 0.412. The maximum atomic E-state index is 13.1. The number of hydrogen-bond donors (Lipinski definition) is 2. The molecule has 154 valence electrons. The molecule has 1 aromatic heterocycles. The fraction of sp³-hybridized carbons (Fsp3) is 0.444. The van der Waals surface area contributed by atoms with E-state index in [9.17, 15) is 17.6 Å². The van der Waals surface area contributed by atoms with Crippen LogP contribution in [-0.4, -0.2) is 50.1 Å². The van der Waals surface area contributed by atoms with Gasteiger partial charge in [-0.05, 0) is 31.8 Å². The lowest BCUT2D eigenvalue weighted by Gasteiger charge is -2.26. The highest BCUT2D eigenvalue weighted by molar-refractivity contribution is 7.09. The van der Waals surface area contributed by atoms with Crippen molar-refractivity contribution in [2.45, 2.75) is 18.6 Å². The Morgan fingerprint density at radius 2 is 1.89 bits per heavy atom. The van der Waals surface area contributed by atoms with Crippen LogP contribution < -0.4 is 10.6 Å². The molecule has 0 bridgehead atoms. The minimum absolute atomic E-state index is 0.00698. The van der Waals surface area contributed by atoms with Crippen LogP contribution >= 0.6 is 11.3 Å². The summed E-state index contributed by atoms with van der Waals surface area (Å²) in [4.78, 5) is 9.73. The third-order valence-electron chi connectivity index (χ3n) is 4.04. The number of nitrogens with zero attached hydrogens (tertiary/aromatic N) is 3. The first-order chi connectivity index (χ1) is 13.2. The number of guanidine groups is 1. The first kappa shape index (κ1) is 22.1. The molecule has 1 unspecified atom stereocenters. The number of rotatable bonds is 7. The molecular formula is C18H23F4N5S. The molecule has 1 heterocycles. The summed E-state index contributed by atoms with van der Waals surface area (Å²) in [5, 5.41) is 7.68. The first-order valence-electron chi connectivity index (χ1n) is 8.58. The van der Waals surface area contributed by atoms with Crippen molar-refractivity contribution in [1.82, 2.24) is 20.5 Å². The number of nitrogens with one attached hydrogen (secondary N) is 2. The smallest absolute Gasteiger partial charge is 0.356 e. The van der Waals surface area contributed by atoms with Crippen molar-refractivity contribution in [2.24, 2.45) is 4.99 Å². The van der Waals surface area contributed by atoms with Gasteiger partial charge in [0.25, 0.3) is 0 Å². The van der Waals surface area contributed by atoms with Gasteiger partial charge in [0.15, 0.2) is 11.7 Å². The van der Waals surface area contributed by atoms with Gasteiger partial charge < -0.3 is 15.5 Å². The second kappa shape index (κ2) is 9.83. The summed E-state index contributed by atoms with van der Waals surface area (Å²) in [7, 11) is 5.46. The van der Waals surface area contributed by atoms with E-state index in [0.29, 0.717) is 30.5 Å². The van der Waals surface area contributed by atoms with Gasteiger partial charge in [0.2, 0.25) is 0 Å². The Morgan fingerprint density at radius 1 is 1.21 bits per heavy atom. The Morgan fingerprint density at radius 3 is 2.43 bits per heavy atom. The molecule has 0 saturated heterocycles. The summed E-state index contributed by atoms with van der Waals surface area (Å²) in [5.74, 6) is 0.240. The van der Waals surface area contributed by atoms with Gasteiger partial charge in [-0.25, -0.2) is 9.37 Å². The Bertz CT molecular complexity index is 771. The zero-order chi connectivity index (χ0) is 20.7. The van der Waals surface area contributed by atoms with E-state index in [2.05, 4.69) is 20.6 Å². The zero-order valence-electron chi connectivity index (χ0n) is 15.8. The van der Waals surface area contributed by atoms with E-state index in [1.165, 1.54) is 12.1 Å². The van der Waals surface area contributed by atoms with Crippen LogP contribution in [0.2, 0.25) is 0 Å². The van der Waals surface area contributed by atoms with Crippen molar-refractivity contribution in [1.29, 1.82) is 0 Å². The fourth-order valence-corrected chi connectivity index (χ4v) is 3.35. The fourth-order valence-electron chi connectivity index (χ4n) is 2.54. The average molecular weight is 417 g/mol. The number of likely N-dealkylation sites (N-methyl/N-ethyl adjacent to an activating group) is 1. The predicted molar refractivity (Wildman–Crippen MR) is 103 cm³/mol. The van der Waals surface area contributed by atoms with Gasteiger partial charge in [-0.3, -0.25) is 4.99 Å². The Kier molecular flexibility index (Phi) is 7.76. The van der Waals surface area contributed by atoms with E-state index in [1.54, 1.807) is 19.2 Å². The molecule has 2 aromatic rings. The van der Waals surface area contributed by atoms with Crippen LogP contribution in [0.5, 0.6) is 0 Å². The molecule has 2 rings (SSSR count). The topological polar surface area (TPSA) is 52.6 Å². The largest absolute Gasteiger partial charge is 0.434 e. The highest BCUT2D eigenvalue weighted by Gasteiger charge is 2.33. The Labute approximate surface area is 165 Å². The van der Waals surface area contributed by atoms with Crippen LogP contribution in [0.3, 0.4) is 0 Å². The number of hydrogen-bond acceptors (Lipinski definition) is 4. The molecule has 0 spiro atoms. The summed E-state index contributed by atoms with van der Waals surface area (Å²) >= 11 is 0.988. The second-order valence-corrected chi connectivity index (χ2v) is 7.23. The number of halogens is 4. The maximum absolute atomic E-state index is 13.1. The molecule has 0 fully saturated rings. The van der Waals surface area contributed by atoms with Gasteiger partial charge >= 0.3 is 6.18 Å². The molecule has 5 nitrogen and oxygen atoms in total. The standard InChI is InChI=1S/C18H23F4N5S/c1-23-17(24-9-8-16-26-15(11-28-16)18(20,21)22)25-10-14(27(2)3)12-4-6-13(19)7-5-12/h4-7,11,14H,8-10H2,1-3H3,(H2,23,24,25). The van der Waals surface area contributed by atoms with E-state index in [0.717, 1.165) is 22.3 Å². The number of aromatic nitrogens is 1. The van der Waals surface area contributed by atoms with Crippen molar-refractivity contribution in [3.05, 3.63) is 51.7 Å². The Hall–Kier alpha value is -2.20. The number of benzene rings is 1. The lowest BCUT2D eigenvalue weighted by atomic mass is 10.1. The van der Waals surface area contributed by atoms with Gasteiger partial charge in [0.1, 0.15) is 5.82 Å². The van der Waals surface area contributed by atoms with E-state index < -0.39 is 11.9 Å². The minimum atomic E-state index is -4.42. The summed E-state index contributed by atoms with van der Waals surface area (Å²) in [6.45, 7) is 0.918. The first-order valence-corrected chi connectivity index (χ1v) is 9.46. The molecule has 0 saturated carbocycles. The highest BCUT2D eigenvalue weighted by Crippen LogP contribution is 2.30. The third kappa shape index (κ3) is 6.45. The monoisotopic (exact) mass is 417 g/mol. The number of thiazole rings is 1. The van der Waals surface area contributed by atoms with E-state index >= 15 is 0 Å². The Balaban J connectivity index is 1.86. The minimum Gasteiger partial charge on any atom is -0.356 e. The number of aliphatic imine (C=N–C) groups is 1. The normalized spacial score (nSPS) is 13.6. The molecule has 0 aliphatic heterocycles. The summed E-state index contributed by atoms with van der Waals surface area (Å²) in [6.07, 6.45) is -4.06. The van der Waals surface area contributed by atoms with Crippen LogP contribution in [0.1, 0.15) is 22.3 Å². The SMILES string of the molecule is CN=C(NCCc1nc(C(F)(F)F)cs1)NCC(c1ccc(F)cc1)N(C)C. The van der Waals surface area contributed by atoms with Gasteiger partial charge in [-0.1, -0.05) is 12.1 Å². The molecule has 28 heavy (non-hydrogen) atoms. The summed E-state index contributed by atoms with van der Waals surface area (Å²) in [6, 6.07) is 6.30. The number of alkyl halides is 3. The lowest BCUT2D eigenvalue weighted by Crippen LogP contribution is -2.42. The van der Waals surface area contributed by atoms with Crippen LogP contribution in [0.4, 0.5) is 17.6 Å². The van der Waals surface area contributed by atoms with Gasteiger partial charge in [-0.15, -0.1) is 11.3 Å². The molecule has 1 atom stereocenters. The van der Waals surface area contributed by atoms with Crippen LogP contribution in [0.15, 0.2) is 34.6 Å².